The van der Waals surface area contributed by atoms with E-state index in [0.717, 1.165) is 17.1 Å². The highest BCUT2D eigenvalue weighted by molar-refractivity contribution is 5.62. The summed E-state index contributed by atoms with van der Waals surface area (Å²) in [6, 6.07) is 13.3. The second-order valence-electron chi connectivity index (χ2n) is 4.51. The molecule has 0 bridgehead atoms. The first-order valence-electron chi connectivity index (χ1n) is 6.72. The Morgan fingerprint density at radius 3 is 2.59 bits per heavy atom. The molecule has 2 aromatic heterocycles. The summed E-state index contributed by atoms with van der Waals surface area (Å²) in [7, 11) is 1.81. The maximum atomic E-state index is 5.78. The van der Waals surface area contributed by atoms with Crippen LogP contribution in [-0.4, -0.2) is 27.0 Å². The van der Waals surface area contributed by atoms with Crippen LogP contribution in [0.4, 0.5) is 23.4 Å². The van der Waals surface area contributed by atoms with Crippen molar-refractivity contribution in [3.63, 3.8) is 0 Å². The predicted octanol–water partition coefficient (Wildman–Crippen LogP) is 2.30. The second kappa shape index (κ2) is 6.04. The fourth-order valence-corrected chi connectivity index (χ4v) is 1.94. The van der Waals surface area contributed by atoms with Crippen molar-refractivity contribution in [3.8, 4) is 11.4 Å². The van der Waals surface area contributed by atoms with Crippen molar-refractivity contribution in [2.24, 2.45) is 0 Å². The number of benzene rings is 1. The fourth-order valence-electron chi connectivity index (χ4n) is 1.94. The zero-order valence-electron chi connectivity index (χ0n) is 12.0. The highest BCUT2D eigenvalue weighted by atomic mass is 15.2. The molecule has 0 aliphatic carbocycles. The molecule has 2 heterocycles. The number of hydrogen-bond acceptors (Lipinski definition) is 7. The number of nitrogen functional groups attached to an aromatic ring is 1. The summed E-state index contributed by atoms with van der Waals surface area (Å²) in [4.78, 5) is 16.8. The van der Waals surface area contributed by atoms with Crippen LogP contribution in [0, 0.1) is 0 Å². The zero-order chi connectivity index (χ0) is 15.4. The average molecular weight is 293 g/mol. The van der Waals surface area contributed by atoms with Gasteiger partial charge in [0.05, 0.1) is 0 Å². The number of anilines is 4. The molecule has 0 amide bonds. The van der Waals surface area contributed by atoms with E-state index in [1.807, 2.05) is 42.5 Å². The van der Waals surface area contributed by atoms with Crippen LogP contribution in [0.5, 0.6) is 0 Å². The molecular formula is C15H15N7. The van der Waals surface area contributed by atoms with Gasteiger partial charge in [-0.15, -0.1) is 0 Å². The Labute approximate surface area is 127 Å². The summed E-state index contributed by atoms with van der Waals surface area (Å²) in [5.41, 5.74) is 7.47. The Hall–Kier alpha value is -3.22. The summed E-state index contributed by atoms with van der Waals surface area (Å²) in [5, 5.41) is 6.08. The largest absolute Gasteiger partial charge is 0.373 e. The van der Waals surface area contributed by atoms with Crippen LogP contribution >= 0.6 is 0 Å². The predicted molar refractivity (Wildman–Crippen MR) is 86.7 cm³/mol. The standard InChI is InChI=1S/C15H15N7/c1-17-12-9-11(7-8-18-12)19-15-21-13(20-14(16)22-15)10-5-3-2-4-6-10/h2-9H,1H3,(H4,16,17,18,19,20,21,22). The normalized spacial score (nSPS) is 10.2. The Kier molecular flexibility index (Phi) is 3.78. The van der Waals surface area contributed by atoms with Gasteiger partial charge in [-0.25, -0.2) is 4.98 Å². The average Bonchev–Trinajstić information content (AvgIpc) is 2.55. The lowest BCUT2D eigenvalue weighted by molar-refractivity contribution is 1.08. The lowest BCUT2D eigenvalue weighted by Crippen LogP contribution is -2.05. The molecule has 0 atom stereocenters. The number of rotatable bonds is 4. The van der Waals surface area contributed by atoms with Crippen LogP contribution in [-0.2, 0) is 0 Å². The van der Waals surface area contributed by atoms with Gasteiger partial charge < -0.3 is 16.4 Å². The van der Waals surface area contributed by atoms with Crippen LogP contribution in [0.1, 0.15) is 0 Å². The molecule has 0 aliphatic heterocycles. The van der Waals surface area contributed by atoms with E-state index in [1.165, 1.54) is 0 Å². The molecule has 0 radical (unpaired) electrons. The lowest BCUT2D eigenvalue weighted by atomic mass is 10.2. The van der Waals surface area contributed by atoms with Crippen molar-refractivity contribution in [2.45, 2.75) is 0 Å². The van der Waals surface area contributed by atoms with Gasteiger partial charge in [0, 0.05) is 30.6 Å². The summed E-state index contributed by atoms with van der Waals surface area (Å²) in [6.07, 6.45) is 1.69. The number of aromatic nitrogens is 4. The van der Waals surface area contributed by atoms with Gasteiger partial charge in [-0.05, 0) is 6.07 Å². The molecular weight excluding hydrogens is 278 g/mol. The van der Waals surface area contributed by atoms with Crippen molar-refractivity contribution < 1.29 is 0 Å². The molecule has 110 valence electrons. The molecule has 7 nitrogen and oxygen atoms in total. The molecule has 4 N–H and O–H groups in total. The molecule has 1 aromatic carbocycles. The van der Waals surface area contributed by atoms with Crippen LogP contribution in [0.2, 0.25) is 0 Å². The second-order valence-corrected chi connectivity index (χ2v) is 4.51. The van der Waals surface area contributed by atoms with Gasteiger partial charge in [-0.3, -0.25) is 0 Å². The summed E-state index contributed by atoms with van der Waals surface area (Å²) < 4.78 is 0. The fraction of sp³-hybridized carbons (Fsp3) is 0.0667. The third kappa shape index (κ3) is 3.09. The highest BCUT2D eigenvalue weighted by Gasteiger charge is 2.07. The van der Waals surface area contributed by atoms with Crippen molar-refractivity contribution in [1.82, 2.24) is 19.9 Å². The SMILES string of the molecule is CNc1cc(Nc2nc(N)nc(-c3ccccc3)n2)ccn1. The Morgan fingerprint density at radius 2 is 1.82 bits per heavy atom. The highest BCUT2D eigenvalue weighted by Crippen LogP contribution is 2.19. The molecule has 3 aromatic rings. The van der Waals surface area contributed by atoms with Gasteiger partial charge in [-0.1, -0.05) is 30.3 Å². The van der Waals surface area contributed by atoms with Gasteiger partial charge in [0.15, 0.2) is 5.82 Å². The Morgan fingerprint density at radius 1 is 1.00 bits per heavy atom. The quantitative estimate of drug-likeness (QED) is 0.678. The number of hydrogen-bond donors (Lipinski definition) is 3. The minimum atomic E-state index is 0.166. The van der Waals surface area contributed by atoms with Crippen LogP contribution < -0.4 is 16.4 Å². The van der Waals surface area contributed by atoms with Gasteiger partial charge in [-0.2, -0.15) is 15.0 Å². The van der Waals surface area contributed by atoms with Crippen LogP contribution in [0.25, 0.3) is 11.4 Å². The smallest absolute Gasteiger partial charge is 0.232 e. The summed E-state index contributed by atoms with van der Waals surface area (Å²) >= 11 is 0. The molecule has 0 fully saturated rings. The number of pyridine rings is 1. The molecule has 0 saturated carbocycles. The monoisotopic (exact) mass is 293 g/mol. The first kappa shape index (κ1) is 13.7. The van der Waals surface area contributed by atoms with E-state index in [4.69, 9.17) is 5.73 Å². The third-order valence-electron chi connectivity index (χ3n) is 2.96. The minimum absolute atomic E-state index is 0.166. The number of nitrogens with zero attached hydrogens (tertiary/aromatic N) is 4. The lowest BCUT2D eigenvalue weighted by Gasteiger charge is -2.08. The van der Waals surface area contributed by atoms with E-state index < -0.39 is 0 Å². The van der Waals surface area contributed by atoms with E-state index >= 15 is 0 Å². The molecule has 0 aliphatic rings. The third-order valence-corrected chi connectivity index (χ3v) is 2.96. The Balaban J connectivity index is 1.92. The summed E-state index contributed by atoms with van der Waals surface area (Å²) in [5.74, 6) is 1.83. The summed E-state index contributed by atoms with van der Waals surface area (Å²) in [6.45, 7) is 0. The molecule has 0 spiro atoms. The topological polar surface area (TPSA) is 102 Å². The van der Waals surface area contributed by atoms with Crippen molar-refractivity contribution >= 4 is 23.4 Å². The Bertz CT molecular complexity index is 774. The van der Waals surface area contributed by atoms with Gasteiger partial charge >= 0.3 is 0 Å². The van der Waals surface area contributed by atoms with Gasteiger partial charge in [0.1, 0.15) is 5.82 Å². The van der Waals surface area contributed by atoms with Crippen molar-refractivity contribution in [2.75, 3.05) is 23.4 Å². The minimum Gasteiger partial charge on any atom is -0.373 e. The first-order valence-corrected chi connectivity index (χ1v) is 6.72. The zero-order valence-corrected chi connectivity index (χ0v) is 12.0. The van der Waals surface area contributed by atoms with Crippen LogP contribution in [0.3, 0.4) is 0 Å². The molecule has 22 heavy (non-hydrogen) atoms. The number of nitrogens with two attached hydrogens (primary N) is 1. The van der Waals surface area contributed by atoms with Crippen molar-refractivity contribution in [1.29, 1.82) is 0 Å². The van der Waals surface area contributed by atoms with Crippen LogP contribution in [0.15, 0.2) is 48.7 Å². The van der Waals surface area contributed by atoms with Crippen molar-refractivity contribution in [3.05, 3.63) is 48.7 Å². The molecule has 0 saturated heterocycles. The van der Waals surface area contributed by atoms with E-state index in [0.29, 0.717) is 11.8 Å². The van der Waals surface area contributed by atoms with E-state index in [9.17, 15) is 0 Å². The molecule has 3 rings (SSSR count). The van der Waals surface area contributed by atoms with E-state index in [1.54, 1.807) is 13.2 Å². The van der Waals surface area contributed by atoms with Gasteiger partial charge in [0.25, 0.3) is 0 Å². The number of nitrogens with one attached hydrogen (secondary N) is 2. The molecule has 7 heteroatoms. The molecule has 0 unspecified atom stereocenters. The van der Waals surface area contributed by atoms with Gasteiger partial charge in [0.2, 0.25) is 11.9 Å². The maximum Gasteiger partial charge on any atom is 0.232 e. The van der Waals surface area contributed by atoms with E-state index in [2.05, 4.69) is 30.6 Å². The first-order chi connectivity index (χ1) is 10.7. The maximum absolute atomic E-state index is 5.78. The van der Waals surface area contributed by atoms with E-state index in [-0.39, 0.29) is 5.95 Å².